The molecule has 2 unspecified atom stereocenters. The van der Waals surface area contributed by atoms with Gasteiger partial charge in [0.05, 0.1) is 15.6 Å². The minimum Gasteiger partial charge on any atom is -0.493 e. The second-order valence-corrected chi connectivity index (χ2v) is 7.90. The minimum atomic E-state index is -1.23. The largest absolute Gasteiger partial charge is 0.493 e. The van der Waals surface area contributed by atoms with Crippen LogP contribution in [0.15, 0.2) is 59.2 Å². The highest BCUT2D eigenvalue weighted by Crippen LogP contribution is 2.27. The molecule has 0 saturated carbocycles. The summed E-state index contributed by atoms with van der Waals surface area (Å²) in [6.07, 6.45) is 0.526. The number of ether oxygens (including phenoxy) is 3. The van der Waals surface area contributed by atoms with E-state index in [-0.39, 0.29) is 13.0 Å². The van der Waals surface area contributed by atoms with Gasteiger partial charge in [-0.15, -0.1) is 0 Å². The van der Waals surface area contributed by atoms with Gasteiger partial charge in [-0.3, -0.25) is 15.1 Å². The Balaban J connectivity index is 1.64. The normalized spacial score (nSPS) is 17.0. The fourth-order valence-electron chi connectivity index (χ4n) is 3.08. The predicted molar refractivity (Wildman–Crippen MR) is 125 cm³/mol. The number of hydrogen-bond acceptors (Lipinski definition) is 7. The molecule has 1 heterocycles. The zero-order chi connectivity index (χ0) is 24.5. The molecule has 10 heteroatoms. The first-order valence-corrected chi connectivity index (χ1v) is 10.9. The first kappa shape index (κ1) is 22.9. The maximum atomic E-state index is 13.0. The topological polar surface area (TPSA) is 107 Å². The molecule has 0 aliphatic carbocycles. The van der Waals surface area contributed by atoms with Gasteiger partial charge in [-0.1, -0.05) is 36.4 Å². The molecule has 0 spiro atoms. The maximum Gasteiger partial charge on any atom is 0.408 e. The van der Waals surface area contributed by atoms with Gasteiger partial charge in [-0.05, 0) is 45.3 Å². The third-order valence-electron chi connectivity index (χ3n) is 4.73. The van der Waals surface area contributed by atoms with Crippen molar-refractivity contribution in [2.24, 2.45) is 0 Å². The number of amides is 2. The summed E-state index contributed by atoms with van der Waals surface area (Å²) in [5.41, 5.74) is 3.95. The van der Waals surface area contributed by atoms with Crippen LogP contribution < -0.4 is 25.6 Å². The van der Waals surface area contributed by atoms with E-state index >= 15 is 0 Å². The number of hydrogen-bond donors (Lipinski definition) is 3. The number of nitrogens with one attached hydrogen (secondary N) is 3. The van der Waals surface area contributed by atoms with Gasteiger partial charge in [0.1, 0.15) is 23.3 Å². The number of halogens is 1. The molecule has 0 aromatic heterocycles. The molecule has 33 heavy (non-hydrogen) atoms. The molecule has 9 nitrogen and oxygen atoms in total. The van der Waals surface area contributed by atoms with E-state index in [1.807, 2.05) is 0 Å². The van der Waals surface area contributed by atoms with Crippen molar-refractivity contribution in [2.45, 2.75) is 31.7 Å². The Morgan fingerprint density at radius 3 is 2.58 bits per heavy atom. The van der Waals surface area contributed by atoms with Crippen molar-refractivity contribution in [1.29, 1.82) is 0 Å². The van der Waals surface area contributed by atoms with Crippen LogP contribution in [-0.2, 0) is 27.5 Å². The van der Waals surface area contributed by atoms with E-state index in [0.717, 1.165) is 5.56 Å². The second-order valence-electron chi connectivity index (χ2n) is 7.05. The van der Waals surface area contributed by atoms with Crippen molar-refractivity contribution < 1.29 is 30.0 Å². The molecule has 2 aromatic carbocycles. The molecule has 3 rings (SSSR count). The van der Waals surface area contributed by atoms with Crippen molar-refractivity contribution in [3.8, 4) is 11.5 Å². The molecule has 1 aliphatic heterocycles. The summed E-state index contributed by atoms with van der Waals surface area (Å²) < 4.78 is 24.3. The second kappa shape index (κ2) is 12.1. The van der Waals surface area contributed by atoms with Gasteiger partial charge < -0.3 is 24.8 Å². The Morgan fingerprint density at radius 1 is 1.15 bits per heavy atom. The number of benzene rings is 2. The molecule has 176 valence electrons. The molecular weight excluding hydrogens is 494 g/mol. The van der Waals surface area contributed by atoms with E-state index in [9.17, 15) is 9.59 Å². The fraction of sp³-hybridized carbons (Fsp3) is 0.304. The number of carbonyl (C=O) groups is 2. The highest BCUT2D eigenvalue weighted by molar-refractivity contribution is 9.11. The molecule has 0 radical (unpaired) electrons. The molecular formula is C23H26BrN3O6. The quantitative estimate of drug-likeness (QED) is 0.413. The van der Waals surface area contributed by atoms with E-state index in [1.165, 1.54) is 7.11 Å². The lowest BCUT2D eigenvalue weighted by Gasteiger charge is -2.20. The zero-order valence-corrected chi connectivity index (χ0v) is 19.8. The monoisotopic (exact) mass is 520 g/mol. The van der Waals surface area contributed by atoms with Crippen LogP contribution in [0, 0.1) is 0 Å². The molecule has 2 amide bonds. The van der Waals surface area contributed by atoms with Crippen LogP contribution in [0.2, 0.25) is 0 Å². The SMILES string of the molecule is [2H]C(OC(=O)N[C@@H](CC1C=C(Br)NO1)C(=O)NCc1ccc(OC)c(OC)c1)c1ccccc1. The minimum absolute atomic E-state index is 0.142. The first-order valence-electron chi connectivity index (χ1n) is 10.7. The third kappa shape index (κ3) is 7.40. The summed E-state index contributed by atoms with van der Waals surface area (Å²) in [7, 11) is 3.07. The van der Waals surface area contributed by atoms with Gasteiger partial charge in [0, 0.05) is 13.0 Å². The van der Waals surface area contributed by atoms with E-state index in [4.69, 9.17) is 20.4 Å². The molecule has 3 atom stereocenters. The van der Waals surface area contributed by atoms with Crippen molar-refractivity contribution in [3.63, 3.8) is 0 Å². The summed E-state index contributed by atoms with van der Waals surface area (Å²) >= 11 is 3.27. The summed E-state index contributed by atoms with van der Waals surface area (Å²) in [5.74, 6) is 0.676. The average molecular weight is 521 g/mol. The lowest BCUT2D eigenvalue weighted by Crippen LogP contribution is -2.48. The Hall–Kier alpha value is -3.24. The smallest absolute Gasteiger partial charge is 0.408 e. The predicted octanol–water partition coefficient (Wildman–Crippen LogP) is 3.14. The number of hydroxylamine groups is 1. The van der Waals surface area contributed by atoms with E-state index in [1.54, 1.807) is 61.7 Å². The number of methoxy groups -OCH3 is 2. The standard InChI is InChI=1S/C23H26BrN3O6/c1-30-19-9-8-16(10-20(19)31-2)13-25-22(28)18(11-17-12-21(24)27-33-17)26-23(29)32-14-15-6-4-3-5-7-15/h3-10,12,17-18,27H,11,13-14H2,1-2H3,(H,25,28)(H,26,29)/t17?,18-/m0/s1/i14D/t14?,17?,18-. The van der Waals surface area contributed by atoms with Gasteiger partial charge in [-0.2, -0.15) is 0 Å². The van der Waals surface area contributed by atoms with Crippen LogP contribution in [0.5, 0.6) is 11.5 Å². The average Bonchev–Trinajstić information content (AvgIpc) is 3.26. The highest BCUT2D eigenvalue weighted by Gasteiger charge is 2.27. The summed E-state index contributed by atoms with van der Waals surface area (Å²) in [6.45, 7) is -1.03. The van der Waals surface area contributed by atoms with Crippen LogP contribution in [0.1, 0.15) is 18.9 Å². The van der Waals surface area contributed by atoms with Crippen LogP contribution >= 0.6 is 15.9 Å². The van der Waals surface area contributed by atoms with Crippen molar-refractivity contribution in [2.75, 3.05) is 14.2 Å². The fourth-order valence-corrected chi connectivity index (χ4v) is 3.46. The van der Waals surface area contributed by atoms with E-state index in [0.29, 0.717) is 21.7 Å². The Labute approximate surface area is 201 Å². The van der Waals surface area contributed by atoms with Gasteiger partial charge in [0.25, 0.3) is 0 Å². The molecule has 1 aliphatic rings. The summed E-state index contributed by atoms with van der Waals surface area (Å²) in [4.78, 5) is 30.8. The molecule has 2 aromatic rings. The van der Waals surface area contributed by atoms with Crippen molar-refractivity contribution >= 4 is 27.9 Å². The van der Waals surface area contributed by atoms with Crippen LogP contribution in [-0.4, -0.2) is 38.4 Å². The summed E-state index contributed by atoms with van der Waals surface area (Å²) in [6, 6.07) is 13.0. The Kier molecular flexibility index (Phi) is 8.42. The zero-order valence-electron chi connectivity index (χ0n) is 19.2. The van der Waals surface area contributed by atoms with Crippen molar-refractivity contribution in [3.05, 3.63) is 70.3 Å². The van der Waals surface area contributed by atoms with Crippen LogP contribution in [0.4, 0.5) is 4.79 Å². The molecule has 0 fully saturated rings. The number of rotatable bonds is 10. The van der Waals surface area contributed by atoms with E-state index < -0.39 is 30.7 Å². The molecule has 0 saturated heterocycles. The maximum absolute atomic E-state index is 13.0. The number of carbonyl (C=O) groups excluding carboxylic acids is 2. The highest BCUT2D eigenvalue weighted by atomic mass is 79.9. The van der Waals surface area contributed by atoms with Gasteiger partial charge in [0.15, 0.2) is 11.5 Å². The Morgan fingerprint density at radius 2 is 1.91 bits per heavy atom. The van der Waals surface area contributed by atoms with Crippen LogP contribution in [0.3, 0.4) is 0 Å². The molecule has 3 N–H and O–H groups in total. The van der Waals surface area contributed by atoms with Gasteiger partial charge in [0.2, 0.25) is 5.91 Å². The van der Waals surface area contributed by atoms with E-state index in [2.05, 4.69) is 32.0 Å². The number of alkyl carbamates (subject to hydrolysis) is 1. The first-order chi connectivity index (χ1) is 16.4. The van der Waals surface area contributed by atoms with Gasteiger partial charge >= 0.3 is 6.09 Å². The van der Waals surface area contributed by atoms with Crippen LogP contribution in [0.25, 0.3) is 0 Å². The van der Waals surface area contributed by atoms with Gasteiger partial charge in [-0.25, -0.2) is 4.79 Å². The lowest BCUT2D eigenvalue weighted by molar-refractivity contribution is -0.124. The van der Waals surface area contributed by atoms with Crippen molar-refractivity contribution in [1.82, 2.24) is 16.1 Å². The Bertz CT molecular complexity index is 1020. The lowest BCUT2D eigenvalue weighted by atomic mass is 10.1. The molecule has 0 bridgehead atoms. The summed E-state index contributed by atoms with van der Waals surface area (Å²) in [5, 5.41) is 5.35. The third-order valence-corrected chi connectivity index (χ3v) is 5.16.